The van der Waals surface area contributed by atoms with Gasteiger partial charge in [0.25, 0.3) is 0 Å². The molecule has 2 atom stereocenters. The van der Waals surface area contributed by atoms with Gasteiger partial charge in [-0.25, -0.2) is 9.67 Å². The van der Waals surface area contributed by atoms with E-state index in [-0.39, 0.29) is 0 Å². The van der Waals surface area contributed by atoms with E-state index in [9.17, 15) is 0 Å². The molecule has 0 spiro atoms. The maximum Gasteiger partial charge on any atom is 0.141 e. The summed E-state index contributed by atoms with van der Waals surface area (Å²) in [5.41, 5.74) is 5.87. The highest BCUT2D eigenvalue weighted by Gasteiger charge is 2.27. The van der Waals surface area contributed by atoms with Crippen LogP contribution >= 0.6 is 0 Å². The van der Waals surface area contributed by atoms with Gasteiger partial charge in [0.15, 0.2) is 0 Å². The Morgan fingerprint density at radius 1 is 1.47 bits per heavy atom. The molecule has 1 aliphatic heterocycles. The number of aryl methyl sites for hydroxylation is 1. The minimum Gasteiger partial charge on any atom is -0.329 e. The van der Waals surface area contributed by atoms with Crippen molar-refractivity contribution >= 4 is 0 Å². The van der Waals surface area contributed by atoms with Crippen LogP contribution in [0.15, 0.2) is 6.33 Å². The van der Waals surface area contributed by atoms with Crippen molar-refractivity contribution in [2.75, 3.05) is 6.54 Å². The van der Waals surface area contributed by atoms with E-state index < -0.39 is 0 Å². The Hall–Kier alpha value is -0.940. The summed E-state index contributed by atoms with van der Waals surface area (Å²) in [5, 5.41) is 4.22. The second-order valence-corrected chi connectivity index (χ2v) is 4.83. The lowest BCUT2D eigenvalue weighted by atomic mass is 9.96. The molecule has 96 valence electrons. The van der Waals surface area contributed by atoms with Gasteiger partial charge >= 0.3 is 0 Å². The quantitative estimate of drug-likeness (QED) is 0.848. The fourth-order valence-electron chi connectivity index (χ4n) is 2.72. The van der Waals surface area contributed by atoms with Crippen LogP contribution < -0.4 is 5.73 Å². The first-order chi connectivity index (χ1) is 8.26. The third-order valence-electron chi connectivity index (χ3n) is 3.79. The minimum absolute atomic E-state index is 0.501. The number of hydrogen-bond acceptors (Lipinski definition) is 4. The van der Waals surface area contributed by atoms with Crippen LogP contribution in [0.4, 0.5) is 0 Å². The molecule has 0 radical (unpaired) electrons. The van der Waals surface area contributed by atoms with E-state index in [1.54, 1.807) is 6.33 Å². The Kier molecular flexibility index (Phi) is 4.12. The van der Waals surface area contributed by atoms with Crippen LogP contribution in [0.1, 0.15) is 38.9 Å². The predicted molar refractivity (Wildman–Crippen MR) is 67.4 cm³/mol. The number of piperidine rings is 1. The summed E-state index contributed by atoms with van der Waals surface area (Å²) in [6, 6.07) is 1.10. The first-order valence-corrected chi connectivity index (χ1v) is 6.58. The molecule has 1 fully saturated rings. The summed E-state index contributed by atoms with van der Waals surface area (Å²) in [6.07, 6.45) is 5.41. The van der Waals surface area contributed by atoms with Crippen LogP contribution in [0, 0.1) is 0 Å². The average Bonchev–Trinajstić information content (AvgIpc) is 2.79. The van der Waals surface area contributed by atoms with Crippen LogP contribution in [0.2, 0.25) is 0 Å². The smallest absolute Gasteiger partial charge is 0.141 e. The average molecular weight is 237 g/mol. The van der Waals surface area contributed by atoms with E-state index in [1.165, 1.54) is 19.3 Å². The normalized spacial score (nSPS) is 26.3. The van der Waals surface area contributed by atoms with Gasteiger partial charge in [0.05, 0.1) is 6.54 Å². The lowest BCUT2D eigenvalue weighted by Crippen LogP contribution is -2.48. The van der Waals surface area contributed by atoms with Gasteiger partial charge in [-0.2, -0.15) is 5.10 Å². The Balaban J connectivity index is 2.09. The molecule has 0 amide bonds. The van der Waals surface area contributed by atoms with Gasteiger partial charge in [0.2, 0.25) is 0 Å². The molecule has 0 saturated carbocycles. The Labute approximate surface area is 103 Å². The number of likely N-dealkylation sites (tertiary alicyclic amines) is 1. The van der Waals surface area contributed by atoms with Crippen molar-refractivity contribution in [1.82, 2.24) is 19.7 Å². The lowest BCUT2D eigenvalue weighted by molar-refractivity contribution is 0.0846. The van der Waals surface area contributed by atoms with Gasteiger partial charge in [0.1, 0.15) is 12.2 Å². The predicted octanol–water partition coefficient (Wildman–Crippen LogP) is 1.000. The van der Waals surface area contributed by atoms with Crippen LogP contribution in [-0.2, 0) is 13.1 Å². The first-order valence-electron chi connectivity index (χ1n) is 6.58. The maximum absolute atomic E-state index is 5.87. The third-order valence-corrected chi connectivity index (χ3v) is 3.79. The number of aromatic nitrogens is 3. The molecule has 2 rings (SSSR count). The zero-order chi connectivity index (χ0) is 12.3. The lowest BCUT2D eigenvalue weighted by Gasteiger charge is -2.39. The third kappa shape index (κ3) is 2.66. The van der Waals surface area contributed by atoms with E-state index >= 15 is 0 Å². The molecule has 0 bridgehead atoms. The molecule has 0 aliphatic carbocycles. The SMILES string of the molecule is CCn1ncnc1CN1C(C)CCCC1CN. The Bertz CT molecular complexity index is 348. The fraction of sp³-hybridized carbons (Fsp3) is 0.833. The molecule has 0 aromatic carbocycles. The fourth-order valence-corrected chi connectivity index (χ4v) is 2.72. The van der Waals surface area contributed by atoms with E-state index in [4.69, 9.17) is 5.73 Å². The zero-order valence-electron chi connectivity index (χ0n) is 10.8. The van der Waals surface area contributed by atoms with E-state index in [0.717, 1.165) is 25.5 Å². The summed E-state index contributed by atoms with van der Waals surface area (Å²) >= 11 is 0. The molecule has 5 nitrogen and oxygen atoms in total. The van der Waals surface area contributed by atoms with Crippen molar-refractivity contribution in [2.45, 2.75) is 58.3 Å². The van der Waals surface area contributed by atoms with E-state index in [1.807, 2.05) is 4.68 Å². The van der Waals surface area contributed by atoms with Crippen LogP contribution in [0.5, 0.6) is 0 Å². The largest absolute Gasteiger partial charge is 0.329 e. The van der Waals surface area contributed by atoms with Gasteiger partial charge in [0, 0.05) is 25.2 Å². The summed E-state index contributed by atoms with van der Waals surface area (Å²) in [5.74, 6) is 1.06. The van der Waals surface area contributed by atoms with E-state index in [2.05, 4.69) is 28.8 Å². The standard InChI is InChI=1S/C12H23N5/c1-3-17-12(14-9-15-17)8-16-10(2)5-4-6-11(16)7-13/h9-11H,3-8,13H2,1-2H3. The Morgan fingerprint density at radius 2 is 2.29 bits per heavy atom. The second-order valence-electron chi connectivity index (χ2n) is 4.83. The van der Waals surface area contributed by atoms with Crippen molar-refractivity contribution in [3.05, 3.63) is 12.2 Å². The van der Waals surface area contributed by atoms with Crippen molar-refractivity contribution < 1.29 is 0 Å². The summed E-state index contributed by atoms with van der Waals surface area (Å²) in [7, 11) is 0. The Morgan fingerprint density at radius 3 is 3.00 bits per heavy atom. The van der Waals surface area contributed by atoms with Crippen molar-refractivity contribution in [3.8, 4) is 0 Å². The zero-order valence-corrected chi connectivity index (χ0v) is 10.8. The number of hydrogen-bond donors (Lipinski definition) is 1. The van der Waals surface area contributed by atoms with Crippen LogP contribution in [0.25, 0.3) is 0 Å². The topological polar surface area (TPSA) is 60.0 Å². The molecule has 1 aromatic rings. The summed E-state index contributed by atoms with van der Waals surface area (Å²) < 4.78 is 1.97. The maximum atomic E-state index is 5.87. The molecule has 2 heterocycles. The van der Waals surface area contributed by atoms with Crippen molar-refractivity contribution in [1.29, 1.82) is 0 Å². The first kappa shape index (κ1) is 12.5. The molecule has 2 unspecified atom stereocenters. The molecular formula is C12H23N5. The van der Waals surface area contributed by atoms with Gasteiger partial charge in [-0.1, -0.05) is 6.42 Å². The summed E-state index contributed by atoms with van der Waals surface area (Å²) in [6.45, 7) is 6.87. The van der Waals surface area contributed by atoms with Crippen molar-refractivity contribution in [3.63, 3.8) is 0 Å². The van der Waals surface area contributed by atoms with Crippen LogP contribution in [0.3, 0.4) is 0 Å². The second kappa shape index (κ2) is 5.60. The molecule has 2 N–H and O–H groups in total. The highest BCUT2D eigenvalue weighted by atomic mass is 15.4. The summed E-state index contributed by atoms with van der Waals surface area (Å²) in [4.78, 5) is 6.84. The van der Waals surface area contributed by atoms with Gasteiger partial charge in [-0.15, -0.1) is 0 Å². The number of nitrogens with zero attached hydrogens (tertiary/aromatic N) is 4. The molecule has 1 saturated heterocycles. The number of rotatable bonds is 4. The van der Waals surface area contributed by atoms with Gasteiger partial charge in [-0.05, 0) is 26.7 Å². The molecule has 1 aliphatic rings. The molecular weight excluding hydrogens is 214 g/mol. The van der Waals surface area contributed by atoms with Crippen molar-refractivity contribution in [2.24, 2.45) is 5.73 Å². The van der Waals surface area contributed by atoms with Crippen LogP contribution in [-0.4, -0.2) is 38.3 Å². The monoisotopic (exact) mass is 237 g/mol. The molecule has 17 heavy (non-hydrogen) atoms. The number of nitrogens with two attached hydrogens (primary N) is 1. The molecule has 5 heteroatoms. The van der Waals surface area contributed by atoms with E-state index in [0.29, 0.717) is 12.1 Å². The molecule has 1 aromatic heterocycles. The van der Waals surface area contributed by atoms with Gasteiger partial charge in [-0.3, -0.25) is 4.90 Å². The highest BCUT2D eigenvalue weighted by Crippen LogP contribution is 2.23. The van der Waals surface area contributed by atoms with Gasteiger partial charge < -0.3 is 5.73 Å². The highest BCUT2D eigenvalue weighted by molar-refractivity contribution is 4.90. The minimum atomic E-state index is 0.501.